The van der Waals surface area contributed by atoms with Gasteiger partial charge in [0.1, 0.15) is 0 Å². The molecular formula is C20H27N3OS2. The zero-order valence-electron chi connectivity index (χ0n) is 15.6. The Hall–Kier alpha value is -1.37. The molecule has 0 aliphatic carbocycles. The topological polar surface area (TPSA) is 36.4 Å². The average Bonchev–Trinajstić information content (AvgIpc) is 3.14. The average molecular weight is 390 g/mol. The van der Waals surface area contributed by atoms with Crippen molar-refractivity contribution < 1.29 is 4.79 Å². The zero-order chi connectivity index (χ0) is 18.4. The molecule has 0 bridgehead atoms. The molecule has 0 N–H and O–H groups in total. The van der Waals surface area contributed by atoms with Gasteiger partial charge in [0.25, 0.3) is 0 Å². The number of thiazole rings is 1. The largest absolute Gasteiger partial charge is 0.339 e. The normalized spacial score (nSPS) is 16.6. The van der Waals surface area contributed by atoms with E-state index in [0.717, 1.165) is 44.9 Å². The van der Waals surface area contributed by atoms with E-state index in [2.05, 4.69) is 34.3 Å². The number of piperazine rings is 1. The molecule has 0 spiro atoms. The number of amides is 1. The van der Waals surface area contributed by atoms with Crippen LogP contribution in [0.1, 0.15) is 30.1 Å². The number of carbonyl (C=O) groups is 1. The van der Waals surface area contributed by atoms with Crippen LogP contribution in [0.4, 0.5) is 0 Å². The molecular weight excluding hydrogens is 362 g/mol. The summed E-state index contributed by atoms with van der Waals surface area (Å²) in [6.45, 7) is 8.58. The lowest BCUT2D eigenvalue weighted by Gasteiger charge is -2.35. The lowest BCUT2D eigenvalue weighted by molar-refractivity contribution is -0.132. The van der Waals surface area contributed by atoms with Crippen molar-refractivity contribution in [2.75, 3.05) is 26.2 Å². The van der Waals surface area contributed by atoms with Gasteiger partial charge in [0.2, 0.25) is 5.91 Å². The third kappa shape index (κ3) is 5.32. The van der Waals surface area contributed by atoms with Gasteiger partial charge >= 0.3 is 0 Å². The van der Waals surface area contributed by atoms with E-state index in [1.807, 2.05) is 30.0 Å². The predicted molar refractivity (Wildman–Crippen MR) is 111 cm³/mol. The molecule has 1 amide bonds. The highest BCUT2D eigenvalue weighted by molar-refractivity contribution is 7.99. The Labute approximate surface area is 164 Å². The van der Waals surface area contributed by atoms with Crippen LogP contribution in [0.3, 0.4) is 0 Å². The summed E-state index contributed by atoms with van der Waals surface area (Å²) in [7, 11) is 0. The lowest BCUT2D eigenvalue weighted by Crippen LogP contribution is -2.50. The van der Waals surface area contributed by atoms with E-state index in [4.69, 9.17) is 0 Å². The Morgan fingerprint density at radius 2 is 1.96 bits per heavy atom. The van der Waals surface area contributed by atoms with Gasteiger partial charge in [-0.3, -0.25) is 9.69 Å². The van der Waals surface area contributed by atoms with E-state index >= 15 is 0 Å². The number of thioether (sulfide) groups is 1. The van der Waals surface area contributed by atoms with Crippen LogP contribution in [-0.4, -0.2) is 52.1 Å². The summed E-state index contributed by atoms with van der Waals surface area (Å²) >= 11 is 3.47. The summed E-state index contributed by atoms with van der Waals surface area (Å²) in [4.78, 5) is 21.8. The van der Waals surface area contributed by atoms with Crippen molar-refractivity contribution in [1.29, 1.82) is 0 Å². The van der Waals surface area contributed by atoms with Crippen LogP contribution in [0.2, 0.25) is 0 Å². The van der Waals surface area contributed by atoms with Crippen molar-refractivity contribution in [3.63, 3.8) is 0 Å². The van der Waals surface area contributed by atoms with Crippen LogP contribution >= 0.6 is 23.1 Å². The van der Waals surface area contributed by atoms with Gasteiger partial charge in [0, 0.05) is 43.9 Å². The number of aryl methyl sites for hydroxylation is 1. The Kier molecular flexibility index (Phi) is 7.11. The first kappa shape index (κ1) is 19.4. The second kappa shape index (κ2) is 9.53. The van der Waals surface area contributed by atoms with Crippen molar-refractivity contribution in [3.8, 4) is 0 Å². The minimum atomic E-state index is 0.00686. The molecule has 1 atom stereocenters. The van der Waals surface area contributed by atoms with Gasteiger partial charge in [0.15, 0.2) is 0 Å². The van der Waals surface area contributed by atoms with Gasteiger partial charge in [-0.15, -0.1) is 23.1 Å². The Balaban J connectivity index is 1.42. The molecule has 0 radical (unpaired) electrons. The highest BCUT2D eigenvalue weighted by Gasteiger charge is 2.25. The molecule has 0 saturated carbocycles. The van der Waals surface area contributed by atoms with Gasteiger partial charge < -0.3 is 4.90 Å². The number of aromatic nitrogens is 1. The second-order valence-corrected chi connectivity index (χ2v) is 8.90. The van der Waals surface area contributed by atoms with E-state index < -0.39 is 0 Å². The third-order valence-electron chi connectivity index (χ3n) is 4.66. The van der Waals surface area contributed by atoms with E-state index in [-0.39, 0.29) is 11.2 Å². The van der Waals surface area contributed by atoms with Gasteiger partial charge in [0.05, 0.1) is 16.0 Å². The number of carbonyl (C=O) groups excluding carboxylic acids is 1. The van der Waals surface area contributed by atoms with E-state index in [1.165, 1.54) is 16.3 Å². The predicted octanol–water partition coefficient (Wildman–Crippen LogP) is 3.67. The molecule has 1 saturated heterocycles. The van der Waals surface area contributed by atoms with Crippen LogP contribution in [-0.2, 0) is 23.5 Å². The first-order valence-corrected chi connectivity index (χ1v) is 11.2. The fourth-order valence-electron chi connectivity index (χ4n) is 3.06. The van der Waals surface area contributed by atoms with Crippen molar-refractivity contribution in [2.24, 2.45) is 0 Å². The molecule has 26 heavy (non-hydrogen) atoms. The lowest BCUT2D eigenvalue weighted by atomic mass is 10.2. The molecule has 1 aliphatic heterocycles. The Morgan fingerprint density at radius 1 is 1.23 bits per heavy atom. The zero-order valence-corrected chi connectivity index (χ0v) is 17.2. The van der Waals surface area contributed by atoms with Gasteiger partial charge in [-0.25, -0.2) is 4.98 Å². The molecule has 2 aromatic rings. The van der Waals surface area contributed by atoms with Crippen LogP contribution in [0.25, 0.3) is 0 Å². The molecule has 3 rings (SSSR count). The highest BCUT2D eigenvalue weighted by atomic mass is 32.2. The van der Waals surface area contributed by atoms with E-state index in [0.29, 0.717) is 0 Å². The quantitative estimate of drug-likeness (QED) is 0.724. The summed E-state index contributed by atoms with van der Waals surface area (Å²) in [5.41, 5.74) is 2.44. The summed E-state index contributed by atoms with van der Waals surface area (Å²) in [6.07, 6.45) is 1.01. The molecule has 1 aromatic heterocycles. The van der Waals surface area contributed by atoms with E-state index in [1.54, 1.807) is 23.1 Å². The molecule has 140 valence electrons. The van der Waals surface area contributed by atoms with E-state index in [9.17, 15) is 4.79 Å². The molecule has 1 aromatic carbocycles. The highest BCUT2D eigenvalue weighted by Crippen LogP contribution is 2.20. The summed E-state index contributed by atoms with van der Waals surface area (Å²) in [5.74, 6) is 1.16. The standard InChI is InChI=1S/C20H27N3OS2/c1-3-19-21-18(15-26-19)13-22-9-11-23(12-10-22)20(24)16(2)25-14-17-7-5-4-6-8-17/h4-8,15-16H,3,9-14H2,1-2H3. The third-order valence-corrected chi connectivity index (χ3v) is 6.91. The maximum Gasteiger partial charge on any atom is 0.235 e. The van der Waals surface area contributed by atoms with Crippen LogP contribution in [0, 0.1) is 0 Å². The van der Waals surface area contributed by atoms with Crippen molar-refractivity contribution >= 4 is 29.0 Å². The Morgan fingerprint density at radius 3 is 2.62 bits per heavy atom. The maximum atomic E-state index is 12.7. The van der Waals surface area contributed by atoms with Crippen LogP contribution in [0.15, 0.2) is 35.7 Å². The minimum absolute atomic E-state index is 0.00686. The molecule has 1 aliphatic rings. The molecule has 1 unspecified atom stereocenters. The van der Waals surface area contributed by atoms with Crippen LogP contribution < -0.4 is 0 Å². The van der Waals surface area contributed by atoms with Gasteiger partial charge in [-0.1, -0.05) is 37.3 Å². The summed E-state index contributed by atoms with van der Waals surface area (Å²) < 4.78 is 0. The first-order chi connectivity index (χ1) is 12.7. The number of hydrogen-bond donors (Lipinski definition) is 0. The molecule has 2 heterocycles. The second-order valence-electron chi connectivity index (χ2n) is 6.63. The fourth-order valence-corrected chi connectivity index (χ4v) is 4.73. The molecule has 4 nitrogen and oxygen atoms in total. The summed E-state index contributed by atoms with van der Waals surface area (Å²) in [6, 6.07) is 10.4. The minimum Gasteiger partial charge on any atom is -0.339 e. The van der Waals surface area contributed by atoms with Gasteiger partial charge in [-0.2, -0.15) is 0 Å². The fraction of sp³-hybridized carbons (Fsp3) is 0.500. The first-order valence-electron chi connectivity index (χ1n) is 9.25. The molecule has 1 fully saturated rings. The number of benzene rings is 1. The summed E-state index contributed by atoms with van der Waals surface area (Å²) in [5, 5.41) is 3.38. The van der Waals surface area contributed by atoms with Crippen molar-refractivity contribution in [1.82, 2.24) is 14.8 Å². The number of hydrogen-bond acceptors (Lipinski definition) is 5. The van der Waals surface area contributed by atoms with Crippen LogP contribution in [0.5, 0.6) is 0 Å². The molecule has 6 heteroatoms. The monoisotopic (exact) mass is 389 g/mol. The number of nitrogens with zero attached hydrogens (tertiary/aromatic N) is 3. The van der Waals surface area contributed by atoms with Crippen molar-refractivity contribution in [3.05, 3.63) is 52.0 Å². The maximum absolute atomic E-state index is 12.7. The SMILES string of the molecule is CCc1nc(CN2CCN(C(=O)C(C)SCc3ccccc3)CC2)cs1. The Bertz CT molecular complexity index is 696. The number of rotatable bonds is 7. The smallest absolute Gasteiger partial charge is 0.235 e. The van der Waals surface area contributed by atoms with Gasteiger partial charge in [-0.05, 0) is 18.9 Å². The van der Waals surface area contributed by atoms with Crippen molar-refractivity contribution in [2.45, 2.75) is 37.8 Å².